The van der Waals surface area contributed by atoms with Crippen molar-refractivity contribution in [1.82, 2.24) is 0 Å². The van der Waals surface area contributed by atoms with E-state index in [1.807, 2.05) is 0 Å². The van der Waals surface area contributed by atoms with Gasteiger partial charge in [0.2, 0.25) is 0 Å². The Morgan fingerprint density at radius 1 is 1.44 bits per heavy atom. The summed E-state index contributed by atoms with van der Waals surface area (Å²) >= 11 is 0. The summed E-state index contributed by atoms with van der Waals surface area (Å²) in [6.45, 7) is -0.414. The number of halogens is 3. The van der Waals surface area contributed by atoms with Gasteiger partial charge in [0.05, 0.1) is 12.1 Å². The smallest absolute Gasteiger partial charge is 0.507 e. The lowest BCUT2D eigenvalue weighted by atomic mass is 10.1. The third kappa shape index (κ3) is 3.13. The van der Waals surface area contributed by atoms with Crippen LogP contribution in [0.25, 0.3) is 0 Å². The minimum atomic E-state index is -4.85. The number of alkyl halides is 3. The molecule has 0 aromatic heterocycles. The van der Waals surface area contributed by atoms with E-state index in [0.29, 0.717) is 0 Å². The topological polar surface area (TPSA) is 72.6 Å². The van der Waals surface area contributed by atoms with Crippen molar-refractivity contribution in [3.05, 3.63) is 23.8 Å². The maximum absolute atomic E-state index is 11.9. The zero-order valence-electron chi connectivity index (χ0n) is 7.91. The van der Waals surface area contributed by atoms with Gasteiger partial charge in [0, 0.05) is 0 Å². The molecule has 1 rings (SSSR count). The van der Waals surface area contributed by atoms with Crippen LogP contribution in [0.5, 0.6) is 11.5 Å². The number of benzene rings is 1. The highest BCUT2D eigenvalue weighted by atomic mass is 19.4. The van der Waals surface area contributed by atoms with E-state index in [0.717, 1.165) is 18.2 Å². The lowest BCUT2D eigenvalue weighted by Gasteiger charge is -2.10. The van der Waals surface area contributed by atoms with Crippen LogP contribution in [0.3, 0.4) is 0 Å². The molecule has 0 amide bonds. The van der Waals surface area contributed by atoms with E-state index >= 15 is 0 Å². The number of ether oxygens (including phenoxy) is 1. The maximum atomic E-state index is 11.9. The Labute approximate surface area is 88.4 Å². The van der Waals surface area contributed by atoms with Crippen LogP contribution >= 0.6 is 0 Å². The Bertz CT molecular complexity index is 403. The SMILES string of the molecule is NCC(=O)c1cc(OC(F)(F)F)ccc1O. The highest BCUT2D eigenvalue weighted by molar-refractivity contribution is 6.00. The lowest BCUT2D eigenvalue weighted by molar-refractivity contribution is -0.274. The van der Waals surface area contributed by atoms with E-state index in [9.17, 15) is 23.1 Å². The number of nitrogens with two attached hydrogens (primary N) is 1. The number of hydrogen-bond donors (Lipinski definition) is 2. The monoisotopic (exact) mass is 235 g/mol. The fraction of sp³-hybridized carbons (Fsp3) is 0.222. The fourth-order valence-corrected chi connectivity index (χ4v) is 1.05. The van der Waals surface area contributed by atoms with Crippen molar-refractivity contribution in [2.45, 2.75) is 6.36 Å². The number of ketones is 1. The molecule has 0 atom stereocenters. The molecule has 7 heteroatoms. The number of phenolic OH excluding ortho intramolecular Hbond substituents is 1. The van der Waals surface area contributed by atoms with Crippen LogP contribution < -0.4 is 10.5 Å². The lowest BCUT2D eigenvalue weighted by Crippen LogP contribution is -2.18. The Morgan fingerprint density at radius 3 is 2.56 bits per heavy atom. The average Bonchev–Trinajstić information content (AvgIpc) is 2.18. The van der Waals surface area contributed by atoms with Crippen molar-refractivity contribution in [3.8, 4) is 11.5 Å². The Morgan fingerprint density at radius 2 is 2.06 bits per heavy atom. The predicted octanol–water partition coefficient (Wildman–Crippen LogP) is 1.43. The first-order valence-corrected chi connectivity index (χ1v) is 4.15. The summed E-state index contributed by atoms with van der Waals surface area (Å²) < 4.78 is 39.2. The summed E-state index contributed by atoms with van der Waals surface area (Å²) in [4.78, 5) is 11.1. The molecule has 0 saturated carbocycles. The number of hydrogen-bond acceptors (Lipinski definition) is 4. The van der Waals surface area contributed by atoms with Crippen LogP contribution in [0.2, 0.25) is 0 Å². The molecule has 3 N–H and O–H groups in total. The van der Waals surface area contributed by atoms with Crippen molar-refractivity contribution in [2.24, 2.45) is 5.73 Å². The Hall–Kier alpha value is -1.76. The second-order valence-corrected chi connectivity index (χ2v) is 2.85. The minimum absolute atomic E-state index is 0.302. The van der Waals surface area contributed by atoms with Gasteiger partial charge in [-0.05, 0) is 18.2 Å². The molecule has 0 radical (unpaired) electrons. The quantitative estimate of drug-likeness (QED) is 0.777. The molecule has 0 unspecified atom stereocenters. The summed E-state index contributed by atoms with van der Waals surface area (Å²) in [6.07, 6.45) is -4.85. The van der Waals surface area contributed by atoms with Crippen LogP contribution in [-0.2, 0) is 0 Å². The minimum Gasteiger partial charge on any atom is -0.507 e. The maximum Gasteiger partial charge on any atom is 0.573 e. The van der Waals surface area contributed by atoms with Gasteiger partial charge in [-0.1, -0.05) is 0 Å². The van der Waals surface area contributed by atoms with Gasteiger partial charge >= 0.3 is 6.36 Å². The van der Waals surface area contributed by atoms with Crippen molar-refractivity contribution in [2.75, 3.05) is 6.54 Å². The summed E-state index contributed by atoms with van der Waals surface area (Å²) in [7, 11) is 0. The van der Waals surface area contributed by atoms with Crippen molar-refractivity contribution in [1.29, 1.82) is 0 Å². The third-order valence-corrected chi connectivity index (χ3v) is 1.69. The Balaban J connectivity index is 3.03. The van der Waals surface area contributed by atoms with Gasteiger partial charge in [-0.15, -0.1) is 13.2 Å². The number of aromatic hydroxyl groups is 1. The van der Waals surface area contributed by atoms with E-state index in [1.54, 1.807) is 0 Å². The summed E-state index contributed by atoms with van der Waals surface area (Å²) in [5.74, 6) is -1.70. The molecule has 16 heavy (non-hydrogen) atoms. The summed E-state index contributed by atoms with van der Waals surface area (Å²) in [5.41, 5.74) is 4.72. The van der Waals surface area contributed by atoms with Crippen LogP contribution in [0.4, 0.5) is 13.2 Å². The predicted molar refractivity (Wildman–Crippen MR) is 48.2 cm³/mol. The molecule has 0 bridgehead atoms. The van der Waals surface area contributed by atoms with Crippen LogP contribution in [0, 0.1) is 0 Å². The Kier molecular flexibility index (Phi) is 3.38. The molecule has 0 aliphatic carbocycles. The molecular formula is C9H8F3NO3. The van der Waals surface area contributed by atoms with Gasteiger partial charge in [0.1, 0.15) is 11.5 Å². The second-order valence-electron chi connectivity index (χ2n) is 2.85. The van der Waals surface area contributed by atoms with Gasteiger partial charge < -0.3 is 15.6 Å². The van der Waals surface area contributed by atoms with E-state index in [2.05, 4.69) is 4.74 Å². The van der Waals surface area contributed by atoms with Gasteiger partial charge in [-0.3, -0.25) is 4.79 Å². The highest BCUT2D eigenvalue weighted by Gasteiger charge is 2.31. The van der Waals surface area contributed by atoms with Gasteiger partial charge in [-0.2, -0.15) is 0 Å². The summed E-state index contributed by atoms with van der Waals surface area (Å²) in [5, 5.41) is 9.22. The number of phenols is 1. The fourth-order valence-electron chi connectivity index (χ4n) is 1.05. The number of rotatable bonds is 3. The zero-order valence-corrected chi connectivity index (χ0v) is 7.91. The average molecular weight is 235 g/mol. The van der Waals surface area contributed by atoms with Crippen molar-refractivity contribution < 1.29 is 27.8 Å². The third-order valence-electron chi connectivity index (χ3n) is 1.69. The van der Waals surface area contributed by atoms with Gasteiger partial charge in [-0.25, -0.2) is 0 Å². The number of Topliss-reactive ketones (excluding diaryl/α,β-unsaturated/α-hetero) is 1. The highest BCUT2D eigenvalue weighted by Crippen LogP contribution is 2.27. The molecule has 0 aliphatic rings. The molecule has 0 spiro atoms. The molecular weight excluding hydrogens is 227 g/mol. The van der Waals surface area contributed by atoms with E-state index in [-0.39, 0.29) is 5.56 Å². The van der Waals surface area contributed by atoms with Crippen LogP contribution in [-0.4, -0.2) is 23.8 Å². The van der Waals surface area contributed by atoms with Crippen LogP contribution in [0.1, 0.15) is 10.4 Å². The largest absolute Gasteiger partial charge is 0.573 e. The molecule has 0 heterocycles. The van der Waals surface area contributed by atoms with Crippen molar-refractivity contribution >= 4 is 5.78 Å². The molecule has 0 aliphatic heterocycles. The van der Waals surface area contributed by atoms with E-state index < -0.39 is 30.2 Å². The zero-order chi connectivity index (χ0) is 12.3. The molecule has 0 fully saturated rings. The first-order chi connectivity index (χ1) is 7.33. The first kappa shape index (κ1) is 12.3. The van der Waals surface area contributed by atoms with Crippen molar-refractivity contribution in [3.63, 3.8) is 0 Å². The second kappa shape index (κ2) is 4.40. The summed E-state index contributed by atoms with van der Waals surface area (Å²) in [6, 6.07) is 2.62. The van der Waals surface area contributed by atoms with Gasteiger partial charge in [0.15, 0.2) is 5.78 Å². The first-order valence-electron chi connectivity index (χ1n) is 4.15. The molecule has 88 valence electrons. The normalized spacial score (nSPS) is 11.2. The number of carbonyl (C=O) groups excluding carboxylic acids is 1. The van der Waals surface area contributed by atoms with E-state index in [1.165, 1.54) is 0 Å². The standard InChI is InChI=1S/C9H8F3NO3/c10-9(11,12)16-5-1-2-7(14)6(3-5)8(15)4-13/h1-3,14H,4,13H2. The number of carbonyl (C=O) groups is 1. The van der Waals surface area contributed by atoms with Gasteiger partial charge in [0.25, 0.3) is 0 Å². The van der Waals surface area contributed by atoms with Crippen LogP contribution in [0.15, 0.2) is 18.2 Å². The van der Waals surface area contributed by atoms with E-state index in [4.69, 9.17) is 5.73 Å². The molecule has 1 aromatic carbocycles. The molecule has 4 nitrogen and oxygen atoms in total. The molecule has 0 saturated heterocycles. The molecule has 1 aromatic rings.